The highest BCUT2D eigenvalue weighted by Gasteiger charge is 2.05. The second kappa shape index (κ2) is 9.18. The predicted molar refractivity (Wildman–Crippen MR) is 105 cm³/mol. The van der Waals surface area contributed by atoms with Gasteiger partial charge in [0.25, 0.3) is 5.91 Å². The van der Waals surface area contributed by atoms with Crippen LogP contribution in [-0.2, 0) is 9.59 Å². The number of carbonyl (C=O) groups excluding carboxylic acids is 1. The highest BCUT2D eigenvalue weighted by molar-refractivity contribution is 5.86. The molecule has 0 spiro atoms. The molecule has 0 saturated heterocycles. The number of rotatable bonds is 8. The molecule has 3 rings (SSSR count). The Labute approximate surface area is 161 Å². The van der Waals surface area contributed by atoms with Gasteiger partial charge in [0.2, 0.25) is 0 Å². The maximum absolute atomic E-state index is 11.9. The van der Waals surface area contributed by atoms with E-state index < -0.39 is 18.5 Å². The van der Waals surface area contributed by atoms with Crippen LogP contribution in [0.3, 0.4) is 0 Å². The molecular formula is C21H18N2O5. The number of carbonyl (C=O) groups is 2. The molecule has 0 atom stereocenters. The number of aliphatic carboxylic acids is 1. The summed E-state index contributed by atoms with van der Waals surface area (Å²) < 4.78 is 10.7. The second-order valence-electron chi connectivity index (χ2n) is 5.81. The summed E-state index contributed by atoms with van der Waals surface area (Å²) in [4.78, 5) is 22.5. The molecule has 0 saturated carbocycles. The van der Waals surface area contributed by atoms with Crippen molar-refractivity contribution in [3.05, 3.63) is 72.3 Å². The van der Waals surface area contributed by atoms with Crippen LogP contribution in [-0.4, -0.2) is 36.4 Å². The molecule has 3 aromatic carbocycles. The van der Waals surface area contributed by atoms with Crippen molar-refractivity contribution < 1.29 is 24.2 Å². The Morgan fingerprint density at radius 2 is 1.68 bits per heavy atom. The number of fused-ring (bicyclic) bond motifs is 1. The van der Waals surface area contributed by atoms with Crippen LogP contribution in [0.25, 0.3) is 10.8 Å². The van der Waals surface area contributed by atoms with E-state index >= 15 is 0 Å². The summed E-state index contributed by atoms with van der Waals surface area (Å²) >= 11 is 0. The zero-order valence-corrected chi connectivity index (χ0v) is 14.9. The first kappa shape index (κ1) is 18.9. The number of benzene rings is 3. The summed E-state index contributed by atoms with van der Waals surface area (Å²) in [5.74, 6) is -0.556. The monoisotopic (exact) mass is 378 g/mol. The Balaban J connectivity index is 1.53. The zero-order chi connectivity index (χ0) is 19.8. The molecule has 0 radical (unpaired) electrons. The number of ether oxygens (including phenoxy) is 2. The van der Waals surface area contributed by atoms with Crippen molar-refractivity contribution in [1.29, 1.82) is 0 Å². The van der Waals surface area contributed by atoms with Crippen LogP contribution in [0.15, 0.2) is 71.8 Å². The van der Waals surface area contributed by atoms with Gasteiger partial charge in [-0.05, 0) is 35.0 Å². The van der Waals surface area contributed by atoms with Gasteiger partial charge in [-0.1, -0.05) is 42.5 Å². The Hall–Kier alpha value is -3.87. The average Bonchev–Trinajstić information content (AvgIpc) is 2.71. The van der Waals surface area contributed by atoms with Gasteiger partial charge in [0, 0.05) is 5.56 Å². The maximum Gasteiger partial charge on any atom is 0.341 e. The molecule has 0 heterocycles. The molecule has 28 heavy (non-hydrogen) atoms. The molecular weight excluding hydrogens is 360 g/mol. The van der Waals surface area contributed by atoms with Gasteiger partial charge in [-0.15, -0.1) is 0 Å². The predicted octanol–water partition coefficient (Wildman–Crippen LogP) is 2.83. The van der Waals surface area contributed by atoms with E-state index in [2.05, 4.69) is 10.5 Å². The molecule has 0 aliphatic rings. The van der Waals surface area contributed by atoms with E-state index in [0.29, 0.717) is 17.1 Å². The number of hydrogen-bond acceptors (Lipinski definition) is 5. The molecule has 3 aromatic rings. The smallest absolute Gasteiger partial charge is 0.341 e. The summed E-state index contributed by atoms with van der Waals surface area (Å²) in [7, 11) is 0. The third kappa shape index (κ3) is 5.31. The van der Waals surface area contributed by atoms with Crippen molar-refractivity contribution in [3.8, 4) is 11.5 Å². The molecule has 142 valence electrons. The summed E-state index contributed by atoms with van der Waals surface area (Å²) in [6, 6.07) is 20.2. The number of carboxylic acids is 1. The number of hydrazone groups is 1. The topological polar surface area (TPSA) is 97.2 Å². The van der Waals surface area contributed by atoms with Crippen molar-refractivity contribution >= 4 is 28.9 Å². The third-order valence-corrected chi connectivity index (χ3v) is 3.75. The molecule has 0 aromatic heterocycles. The number of hydrogen-bond donors (Lipinski definition) is 2. The second-order valence-corrected chi connectivity index (χ2v) is 5.81. The highest BCUT2D eigenvalue weighted by atomic mass is 16.5. The van der Waals surface area contributed by atoms with Crippen LogP contribution in [0, 0.1) is 0 Å². The number of para-hydroxylation sites is 1. The first-order valence-electron chi connectivity index (χ1n) is 8.49. The molecule has 2 N–H and O–H groups in total. The van der Waals surface area contributed by atoms with Gasteiger partial charge in [-0.25, -0.2) is 10.2 Å². The molecule has 7 nitrogen and oxygen atoms in total. The summed E-state index contributed by atoms with van der Waals surface area (Å²) in [5.41, 5.74) is 2.91. The first-order chi connectivity index (χ1) is 13.6. The Bertz CT molecular complexity index is 1020. The van der Waals surface area contributed by atoms with Crippen LogP contribution in [0.2, 0.25) is 0 Å². The molecule has 7 heteroatoms. The molecule has 0 unspecified atom stereocenters. The van der Waals surface area contributed by atoms with Crippen molar-refractivity contribution in [2.45, 2.75) is 0 Å². The summed E-state index contributed by atoms with van der Waals surface area (Å²) in [6.07, 6.45) is 1.38. The quantitative estimate of drug-likeness (QED) is 0.464. The fourth-order valence-corrected chi connectivity index (χ4v) is 2.47. The van der Waals surface area contributed by atoms with Gasteiger partial charge in [-0.3, -0.25) is 4.79 Å². The normalized spacial score (nSPS) is 10.7. The van der Waals surface area contributed by atoms with Gasteiger partial charge in [0.05, 0.1) is 6.21 Å². The molecule has 0 fully saturated rings. The Morgan fingerprint density at radius 3 is 2.50 bits per heavy atom. The minimum atomic E-state index is -1.08. The standard InChI is InChI=1S/C21H18N2O5/c24-20(13-27-18-10-9-15-5-1-2-6-16(15)11-18)23-22-12-17-7-3-4-8-19(17)28-14-21(25)26/h1-12H,13-14H2,(H,23,24)(H,25,26)/b22-12+. The van der Waals surface area contributed by atoms with Gasteiger partial charge >= 0.3 is 5.97 Å². The van der Waals surface area contributed by atoms with E-state index in [1.165, 1.54) is 6.21 Å². The van der Waals surface area contributed by atoms with Crippen LogP contribution in [0.4, 0.5) is 0 Å². The Kier molecular flexibility index (Phi) is 6.20. The number of carboxylic acid groups (broad SMARTS) is 1. The van der Waals surface area contributed by atoms with Crippen LogP contribution < -0.4 is 14.9 Å². The van der Waals surface area contributed by atoms with Crippen molar-refractivity contribution in [2.75, 3.05) is 13.2 Å². The number of nitrogens with one attached hydrogen (secondary N) is 1. The van der Waals surface area contributed by atoms with Gasteiger partial charge in [0.1, 0.15) is 11.5 Å². The first-order valence-corrected chi connectivity index (χ1v) is 8.49. The lowest BCUT2D eigenvalue weighted by Gasteiger charge is -2.07. The molecule has 0 aliphatic carbocycles. The fourth-order valence-electron chi connectivity index (χ4n) is 2.47. The van der Waals surface area contributed by atoms with E-state index in [1.807, 2.05) is 36.4 Å². The van der Waals surface area contributed by atoms with E-state index in [0.717, 1.165) is 10.8 Å². The summed E-state index contributed by atoms with van der Waals surface area (Å²) in [6.45, 7) is -0.649. The lowest BCUT2D eigenvalue weighted by atomic mass is 10.1. The van der Waals surface area contributed by atoms with Crippen LogP contribution >= 0.6 is 0 Å². The molecule has 1 amide bonds. The lowest BCUT2D eigenvalue weighted by molar-refractivity contribution is -0.139. The van der Waals surface area contributed by atoms with E-state index in [1.54, 1.807) is 30.3 Å². The van der Waals surface area contributed by atoms with Crippen molar-refractivity contribution in [3.63, 3.8) is 0 Å². The van der Waals surface area contributed by atoms with Crippen LogP contribution in [0.5, 0.6) is 11.5 Å². The van der Waals surface area contributed by atoms with E-state index in [4.69, 9.17) is 14.6 Å². The minimum Gasteiger partial charge on any atom is -0.484 e. The van der Waals surface area contributed by atoms with Gasteiger partial charge < -0.3 is 14.6 Å². The molecule has 0 bridgehead atoms. The van der Waals surface area contributed by atoms with E-state index in [9.17, 15) is 9.59 Å². The third-order valence-electron chi connectivity index (χ3n) is 3.75. The zero-order valence-electron chi connectivity index (χ0n) is 14.9. The van der Waals surface area contributed by atoms with Gasteiger partial charge in [0.15, 0.2) is 13.2 Å². The van der Waals surface area contributed by atoms with Crippen molar-refractivity contribution in [1.82, 2.24) is 5.43 Å². The SMILES string of the molecule is O=C(O)COc1ccccc1/C=N/NC(=O)COc1ccc2ccccc2c1. The minimum absolute atomic E-state index is 0.188. The summed E-state index contributed by atoms with van der Waals surface area (Å²) in [5, 5.41) is 14.7. The van der Waals surface area contributed by atoms with Gasteiger partial charge in [-0.2, -0.15) is 5.10 Å². The van der Waals surface area contributed by atoms with Crippen LogP contribution in [0.1, 0.15) is 5.56 Å². The number of nitrogens with zero attached hydrogens (tertiary/aromatic N) is 1. The fraction of sp³-hybridized carbons (Fsp3) is 0.0952. The Morgan fingerprint density at radius 1 is 0.929 bits per heavy atom. The largest absolute Gasteiger partial charge is 0.484 e. The maximum atomic E-state index is 11.9. The number of amides is 1. The lowest BCUT2D eigenvalue weighted by Crippen LogP contribution is -2.24. The highest BCUT2D eigenvalue weighted by Crippen LogP contribution is 2.20. The average molecular weight is 378 g/mol. The van der Waals surface area contributed by atoms with Crippen molar-refractivity contribution in [2.24, 2.45) is 5.10 Å². The molecule has 0 aliphatic heterocycles. The van der Waals surface area contributed by atoms with E-state index in [-0.39, 0.29) is 6.61 Å².